The maximum absolute atomic E-state index is 13.4. The Morgan fingerprint density at radius 3 is 2.81 bits per heavy atom. The molecule has 114 valence electrons. The maximum atomic E-state index is 13.4. The fourth-order valence-electron chi connectivity index (χ4n) is 2.37. The average Bonchev–Trinajstić information content (AvgIpc) is 2.75. The predicted octanol–water partition coefficient (Wildman–Crippen LogP) is 0.592. The van der Waals surface area contributed by atoms with Gasteiger partial charge in [-0.2, -0.15) is 0 Å². The van der Waals surface area contributed by atoms with E-state index in [-0.39, 0.29) is 19.5 Å². The highest BCUT2D eigenvalue weighted by molar-refractivity contribution is 5.92. The first-order valence-corrected chi connectivity index (χ1v) is 6.57. The minimum absolute atomic E-state index is 0.0990. The van der Waals surface area contributed by atoms with Gasteiger partial charge >= 0.3 is 5.97 Å². The van der Waals surface area contributed by atoms with Crippen LogP contribution in [0.1, 0.15) is 12.0 Å². The molecule has 0 radical (unpaired) electrons. The third-order valence-corrected chi connectivity index (χ3v) is 3.47. The molecule has 0 aromatic heterocycles. The van der Waals surface area contributed by atoms with Crippen LogP contribution in [0.4, 0.5) is 10.1 Å². The second kappa shape index (κ2) is 6.19. The van der Waals surface area contributed by atoms with Crippen molar-refractivity contribution >= 4 is 17.6 Å². The molecule has 2 rings (SSSR count). The molecule has 0 saturated carbocycles. The van der Waals surface area contributed by atoms with Crippen LogP contribution in [0.3, 0.4) is 0 Å². The number of benzene rings is 1. The van der Waals surface area contributed by atoms with Crippen molar-refractivity contribution in [1.29, 1.82) is 0 Å². The maximum Gasteiger partial charge on any atom is 0.321 e. The molecule has 0 spiro atoms. The second-order valence-electron chi connectivity index (χ2n) is 5.19. The van der Waals surface area contributed by atoms with Gasteiger partial charge in [-0.1, -0.05) is 6.07 Å². The van der Waals surface area contributed by atoms with E-state index in [0.717, 1.165) is 0 Å². The van der Waals surface area contributed by atoms with Crippen LogP contribution in [0.5, 0.6) is 0 Å². The average molecular weight is 296 g/mol. The van der Waals surface area contributed by atoms with E-state index in [1.54, 1.807) is 19.1 Å². The smallest absolute Gasteiger partial charge is 0.321 e. The summed E-state index contributed by atoms with van der Waals surface area (Å²) in [6.45, 7) is 1.58. The summed E-state index contributed by atoms with van der Waals surface area (Å²) in [6.07, 6.45) is -0.655. The lowest BCUT2D eigenvalue weighted by Gasteiger charge is -2.20. The number of carbonyl (C=O) groups excluding carboxylic acids is 1. The number of rotatable bonds is 4. The number of amides is 1. The molecule has 6 nitrogen and oxygen atoms in total. The summed E-state index contributed by atoms with van der Waals surface area (Å²) in [5.74, 6) is -1.94. The Bertz CT molecular complexity index is 564. The molecule has 1 fully saturated rings. The van der Waals surface area contributed by atoms with Crippen LogP contribution in [-0.4, -0.2) is 52.2 Å². The number of carbonyl (C=O) groups is 2. The fourth-order valence-corrected chi connectivity index (χ4v) is 2.37. The molecule has 1 aliphatic heterocycles. The van der Waals surface area contributed by atoms with Gasteiger partial charge < -0.3 is 15.5 Å². The minimum atomic E-state index is -1.07. The van der Waals surface area contributed by atoms with Crippen molar-refractivity contribution in [2.75, 3.05) is 18.4 Å². The summed E-state index contributed by atoms with van der Waals surface area (Å²) in [6, 6.07) is 3.45. The van der Waals surface area contributed by atoms with Crippen molar-refractivity contribution in [1.82, 2.24) is 4.90 Å². The Hall–Kier alpha value is -1.99. The molecule has 0 bridgehead atoms. The van der Waals surface area contributed by atoms with Gasteiger partial charge in [0.1, 0.15) is 11.9 Å². The topological polar surface area (TPSA) is 89.9 Å². The zero-order valence-electron chi connectivity index (χ0n) is 11.5. The molecule has 1 heterocycles. The highest BCUT2D eigenvalue weighted by Gasteiger charge is 2.36. The number of nitrogens with zero attached hydrogens (tertiary/aromatic N) is 1. The lowest BCUT2D eigenvalue weighted by atomic mass is 10.2. The molecule has 2 atom stereocenters. The van der Waals surface area contributed by atoms with Crippen molar-refractivity contribution in [2.24, 2.45) is 0 Å². The molecular formula is C14H17FN2O4. The number of anilines is 1. The van der Waals surface area contributed by atoms with Gasteiger partial charge in [-0.05, 0) is 24.6 Å². The number of β-amino-alcohol motifs (C(OH)–C–C–N with tert-alkyl or cyclic N) is 1. The van der Waals surface area contributed by atoms with Gasteiger partial charge in [-0.15, -0.1) is 0 Å². The number of aliphatic carboxylic acids is 1. The van der Waals surface area contributed by atoms with Crippen molar-refractivity contribution in [3.05, 3.63) is 29.6 Å². The largest absolute Gasteiger partial charge is 0.480 e. The first-order chi connectivity index (χ1) is 9.86. The Kier molecular flexibility index (Phi) is 4.54. The number of aliphatic hydroxyl groups excluding tert-OH is 1. The Morgan fingerprint density at radius 2 is 2.19 bits per heavy atom. The summed E-state index contributed by atoms with van der Waals surface area (Å²) in [4.78, 5) is 24.3. The summed E-state index contributed by atoms with van der Waals surface area (Å²) < 4.78 is 13.4. The molecular weight excluding hydrogens is 279 g/mol. The van der Waals surface area contributed by atoms with Gasteiger partial charge in [0.05, 0.1) is 12.6 Å². The highest BCUT2D eigenvalue weighted by Crippen LogP contribution is 2.18. The number of halogens is 1. The molecule has 21 heavy (non-hydrogen) atoms. The van der Waals surface area contributed by atoms with Crippen LogP contribution in [0.25, 0.3) is 0 Å². The van der Waals surface area contributed by atoms with Crippen molar-refractivity contribution < 1.29 is 24.2 Å². The van der Waals surface area contributed by atoms with Crippen LogP contribution in [0.2, 0.25) is 0 Å². The van der Waals surface area contributed by atoms with Crippen molar-refractivity contribution in [3.63, 3.8) is 0 Å². The van der Waals surface area contributed by atoms with Crippen LogP contribution in [0.15, 0.2) is 18.2 Å². The van der Waals surface area contributed by atoms with Crippen LogP contribution in [0, 0.1) is 12.7 Å². The van der Waals surface area contributed by atoms with E-state index in [2.05, 4.69) is 5.32 Å². The molecule has 1 aromatic rings. The SMILES string of the molecule is Cc1ccc(NC(=O)CN2CC(O)CC2C(=O)O)cc1F. The third kappa shape index (κ3) is 3.77. The van der Waals surface area contributed by atoms with Crippen LogP contribution >= 0.6 is 0 Å². The number of aliphatic hydroxyl groups is 1. The van der Waals surface area contributed by atoms with E-state index in [1.165, 1.54) is 11.0 Å². The summed E-state index contributed by atoms with van der Waals surface area (Å²) in [5.41, 5.74) is 0.788. The molecule has 1 aliphatic rings. The fraction of sp³-hybridized carbons (Fsp3) is 0.429. The second-order valence-corrected chi connectivity index (χ2v) is 5.19. The van der Waals surface area contributed by atoms with Gasteiger partial charge in [0, 0.05) is 18.7 Å². The van der Waals surface area contributed by atoms with E-state index < -0.39 is 29.8 Å². The quantitative estimate of drug-likeness (QED) is 0.757. The summed E-state index contributed by atoms with van der Waals surface area (Å²) in [5, 5.41) is 21.1. The predicted molar refractivity (Wildman–Crippen MR) is 73.4 cm³/mol. The molecule has 1 amide bonds. The van der Waals surface area contributed by atoms with Crippen LogP contribution < -0.4 is 5.32 Å². The van der Waals surface area contributed by atoms with Crippen LogP contribution in [-0.2, 0) is 9.59 Å². The number of likely N-dealkylation sites (tertiary alicyclic amines) is 1. The van der Waals surface area contributed by atoms with Gasteiger partial charge in [0.15, 0.2) is 0 Å². The number of aryl methyl sites for hydroxylation is 1. The first-order valence-electron chi connectivity index (χ1n) is 6.57. The van der Waals surface area contributed by atoms with E-state index in [0.29, 0.717) is 11.3 Å². The standard InChI is InChI=1S/C14H17FN2O4/c1-8-2-3-9(4-11(8)15)16-13(19)7-17-6-10(18)5-12(17)14(20)21/h2-4,10,12,18H,5-7H2,1H3,(H,16,19)(H,20,21). The molecule has 0 aliphatic carbocycles. The summed E-state index contributed by atoms with van der Waals surface area (Å²) >= 11 is 0. The number of hydrogen-bond acceptors (Lipinski definition) is 4. The van der Waals surface area contributed by atoms with Crippen molar-refractivity contribution in [2.45, 2.75) is 25.5 Å². The van der Waals surface area contributed by atoms with Gasteiger partial charge in [-0.25, -0.2) is 4.39 Å². The monoisotopic (exact) mass is 296 g/mol. The Labute approximate surface area is 121 Å². The van der Waals surface area contributed by atoms with Crippen molar-refractivity contribution in [3.8, 4) is 0 Å². The number of hydrogen-bond donors (Lipinski definition) is 3. The normalized spacial score (nSPS) is 22.2. The van der Waals surface area contributed by atoms with Gasteiger partial charge in [0.25, 0.3) is 0 Å². The number of carboxylic acids is 1. The summed E-state index contributed by atoms with van der Waals surface area (Å²) in [7, 11) is 0. The van der Waals surface area contributed by atoms with E-state index in [4.69, 9.17) is 5.11 Å². The Morgan fingerprint density at radius 1 is 1.48 bits per heavy atom. The molecule has 1 aromatic carbocycles. The van der Waals surface area contributed by atoms with E-state index >= 15 is 0 Å². The number of carboxylic acid groups (broad SMARTS) is 1. The number of nitrogens with one attached hydrogen (secondary N) is 1. The zero-order chi connectivity index (χ0) is 15.6. The molecule has 3 N–H and O–H groups in total. The van der Waals surface area contributed by atoms with Gasteiger partial charge in [0.2, 0.25) is 5.91 Å². The third-order valence-electron chi connectivity index (χ3n) is 3.47. The lowest BCUT2D eigenvalue weighted by Crippen LogP contribution is -2.41. The molecule has 7 heteroatoms. The molecule has 1 saturated heterocycles. The first kappa shape index (κ1) is 15.4. The Balaban J connectivity index is 1.97. The minimum Gasteiger partial charge on any atom is -0.480 e. The van der Waals surface area contributed by atoms with E-state index in [9.17, 15) is 19.1 Å². The molecule has 2 unspecified atom stereocenters. The van der Waals surface area contributed by atoms with E-state index in [1.807, 2.05) is 0 Å². The highest BCUT2D eigenvalue weighted by atomic mass is 19.1. The van der Waals surface area contributed by atoms with Gasteiger partial charge in [-0.3, -0.25) is 14.5 Å². The zero-order valence-corrected chi connectivity index (χ0v) is 11.5. The lowest BCUT2D eigenvalue weighted by molar-refractivity contribution is -0.142.